The number of aromatic hydroxyl groups is 1. The van der Waals surface area contributed by atoms with Crippen molar-refractivity contribution in [3.8, 4) is 5.75 Å². The maximum Gasteiger partial charge on any atom is 0.115 e. The Morgan fingerprint density at radius 2 is 2.10 bits per heavy atom. The van der Waals surface area contributed by atoms with Crippen molar-refractivity contribution < 1.29 is 9.84 Å². The molecule has 3 saturated carbocycles. The summed E-state index contributed by atoms with van der Waals surface area (Å²) in [6.45, 7) is 7.58. The van der Waals surface area contributed by atoms with Gasteiger partial charge in [0.1, 0.15) is 5.75 Å². The van der Waals surface area contributed by atoms with Crippen LogP contribution in [-0.2, 0) is 11.2 Å². The van der Waals surface area contributed by atoms with Crippen molar-refractivity contribution in [2.24, 2.45) is 23.2 Å². The van der Waals surface area contributed by atoms with E-state index >= 15 is 0 Å². The second-order valence-electron chi connectivity index (χ2n) is 10.4. The van der Waals surface area contributed by atoms with Gasteiger partial charge in [0, 0.05) is 12.6 Å². The fourth-order valence-electron chi connectivity index (χ4n) is 7.01. The molecule has 0 bridgehead atoms. The van der Waals surface area contributed by atoms with Crippen molar-refractivity contribution in [3.05, 3.63) is 41.0 Å². The second-order valence-corrected chi connectivity index (χ2v) is 10.4. The first-order chi connectivity index (χ1) is 14.1. The molecule has 29 heavy (non-hydrogen) atoms. The molecule has 2 N–H and O–H groups in total. The molecule has 4 aliphatic carbocycles. The van der Waals surface area contributed by atoms with Crippen LogP contribution in [0.1, 0.15) is 69.4 Å². The summed E-state index contributed by atoms with van der Waals surface area (Å²) >= 11 is 0. The van der Waals surface area contributed by atoms with Crippen molar-refractivity contribution in [3.63, 3.8) is 0 Å². The van der Waals surface area contributed by atoms with Gasteiger partial charge in [0.05, 0.1) is 13.2 Å². The Morgan fingerprint density at radius 3 is 2.93 bits per heavy atom. The van der Waals surface area contributed by atoms with E-state index < -0.39 is 0 Å². The number of fused-ring (bicyclic) bond motifs is 5. The highest BCUT2D eigenvalue weighted by Gasteiger charge is 2.54. The predicted octanol–water partition coefficient (Wildman–Crippen LogP) is 5.19. The number of hydrogen-bond acceptors (Lipinski definition) is 3. The average Bonchev–Trinajstić information content (AvgIpc) is 3.46. The molecule has 3 fully saturated rings. The third kappa shape index (κ3) is 3.65. The summed E-state index contributed by atoms with van der Waals surface area (Å²) in [5.41, 5.74) is 4.94. The van der Waals surface area contributed by atoms with Crippen LogP contribution >= 0.6 is 0 Å². The number of rotatable bonds is 6. The van der Waals surface area contributed by atoms with E-state index in [1.165, 1.54) is 49.7 Å². The van der Waals surface area contributed by atoms with Gasteiger partial charge in [0.2, 0.25) is 0 Å². The van der Waals surface area contributed by atoms with Crippen LogP contribution in [0.3, 0.4) is 0 Å². The number of allylic oxidation sites excluding steroid dienone is 1. The molecular weight excluding hydrogens is 358 g/mol. The van der Waals surface area contributed by atoms with Crippen LogP contribution in [0.4, 0.5) is 0 Å². The number of phenols is 1. The van der Waals surface area contributed by atoms with Crippen molar-refractivity contribution in [1.82, 2.24) is 5.32 Å². The van der Waals surface area contributed by atoms with Crippen LogP contribution in [0.2, 0.25) is 0 Å². The van der Waals surface area contributed by atoms with Crippen molar-refractivity contribution in [1.29, 1.82) is 0 Å². The zero-order valence-corrected chi connectivity index (χ0v) is 18.1. The molecule has 0 amide bonds. The lowest BCUT2D eigenvalue weighted by molar-refractivity contribution is 0.0484. The van der Waals surface area contributed by atoms with E-state index in [4.69, 9.17) is 4.74 Å². The Bertz CT molecular complexity index is 783. The van der Waals surface area contributed by atoms with E-state index in [1.54, 1.807) is 5.57 Å². The average molecular weight is 396 g/mol. The summed E-state index contributed by atoms with van der Waals surface area (Å²) in [5.74, 6) is 3.37. The van der Waals surface area contributed by atoms with Gasteiger partial charge in [-0.3, -0.25) is 0 Å². The van der Waals surface area contributed by atoms with Gasteiger partial charge in [-0.25, -0.2) is 0 Å². The van der Waals surface area contributed by atoms with Crippen LogP contribution in [0.25, 0.3) is 0 Å². The van der Waals surface area contributed by atoms with E-state index in [0.717, 1.165) is 44.1 Å². The van der Waals surface area contributed by atoms with Crippen molar-refractivity contribution in [2.75, 3.05) is 19.8 Å². The first-order valence-electron chi connectivity index (χ1n) is 11.9. The number of nitrogens with one attached hydrogen (secondary N) is 1. The Hall–Kier alpha value is -1.32. The molecule has 3 nitrogen and oxygen atoms in total. The molecule has 0 aliphatic heterocycles. The Labute approximate surface area is 175 Å². The Kier molecular flexibility index (Phi) is 5.24. The normalized spacial score (nSPS) is 37.2. The van der Waals surface area contributed by atoms with Crippen molar-refractivity contribution in [2.45, 2.75) is 70.8 Å². The third-order valence-electron chi connectivity index (χ3n) is 8.61. The molecular formula is C26H37NO2. The maximum atomic E-state index is 9.94. The fourth-order valence-corrected chi connectivity index (χ4v) is 7.01. The van der Waals surface area contributed by atoms with Crippen LogP contribution in [0.5, 0.6) is 5.75 Å². The lowest BCUT2D eigenvalue weighted by Crippen LogP contribution is -2.43. The minimum atomic E-state index is 0.361. The molecule has 3 heteroatoms. The molecule has 1 aromatic carbocycles. The van der Waals surface area contributed by atoms with E-state index in [-0.39, 0.29) is 0 Å². The number of ether oxygens (including phenoxy) is 1. The van der Waals surface area contributed by atoms with Gasteiger partial charge >= 0.3 is 0 Å². The third-order valence-corrected chi connectivity index (χ3v) is 8.61. The standard InChI is InChI=1S/C26H37NO2/c1-17-15-18-16-21(28)6-7-22(18)23-9-11-26(2)19(3-8-24(26)25(17)23)10-13-29-14-12-27-20-4-5-20/h6-7,10,16-17,20,23-25,27-28H,3-5,8-9,11-15H2,1-2H3/b19-10+/t17-,23-,24+,25-,26-/m1/s1. The molecule has 0 saturated heterocycles. The lowest BCUT2D eigenvalue weighted by atomic mass is 9.52. The van der Waals surface area contributed by atoms with Crippen LogP contribution < -0.4 is 5.32 Å². The highest BCUT2D eigenvalue weighted by atomic mass is 16.5. The maximum absolute atomic E-state index is 9.94. The second kappa shape index (κ2) is 7.74. The molecule has 0 spiro atoms. The lowest BCUT2D eigenvalue weighted by Gasteiger charge is -2.52. The largest absolute Gasteiger partial charge is 0.508 e. The smallest absolute Gasteiger partial charge is 0.115 e. The molecule has 0 unspecified atom stereocenters. The van der Waals surface area contributed by atoms with Gasteiger partial charge < -0.3 is 15.2 Å². The van der Waals surface area contributed by atoms with Gasteiger partial charge in [-0.2, -0.15) is 0 Å². The molecule has 5 atom stereocenters. The Morgan fingerprint density at radius 1 is 1.24 bits per heavy atom. The summed E-state index contributed by atoms with van der Waals surface area (Å²) in [7, 11) is 0. The minimum Gasteiger partial charge on any atom is -0.508 e. The quantitative estimate of drug-likeness (QED) is 0.514. The summed E-state index contributed by atoms with van der Waals surface area (Å²) in [6.07, 6.45) is 11.4. The highest BCUT2D eigenvalue weighted by molar-refractivity contribution is 5.41. The molecule has 0 heterocycles. The zero-order valence-electron chi connectivity index (χ0n) is 18.1. The molecule has 1 aromatic rings. The number of benzene rings is 1. The number of phenolic OH excluding ortho intramolecular Hbond substituents is 1. The zero-order chi connectivity index (χ0) is 20.0. The van der Waals surface area contributed by atoms with E-state index in [1.807, 2.05) is 12.1 Å². The van der Waals surface area contributed by atoms with Gasteiger partial charge in [-0.05, 0) is 97.3 Å². The van der Waals surface area contributed by atoms with Gasteiger partial charge in [0.15, 0.2) is 0 Å². The molecule has 5 rings (SSSR count). The van der Waals surface area contributed by atoms with Crippen LogP contribution in [0.15, 0.2) is 29.8 Å². The first-order valence-corrected chi connectivity index (χ1v) is 11.9. The molecule has 0 aromatic heterocycles. The van der Waals surface area contributed by atoms with Gasteiger partial charge in [0.25, 0.3) is 0 Å². The predicted molar refractivity (Wildman–Crippen MR) is 117 cm³/mol. The first kappa shape index (κ1) is 19.6. The minimum absolute atomic E-state index is 0.361. The van der Waals surface area contributed by atoms with Crippen molar-refractivity contribution >= 4 is 0 Å². The summed E-state index contributed by atoms with van der Waals surface area (Å²) < 4.78 is 5.92. The van der Waals surface area contributed by atoms with Gasteiger partial charge in [-0.1, -0.05) is 31.6 Å². The fraction of sp³-hybridized carbons (Fsp3) is 0.692. The van der Waals surface area contributed by atoms with Crippen LogP contribution in [0, 0.1) is 23.2 Å². The Balaban J connectivity index is 1.27. The topological polar surface area (TPSA) is 41.5 Å². The molecule has 0 radical (unpaired) electrons. The molecule has 4 aliphatic rings. The van der Waals surface area contributed by atoms with E-state index in [0.29, 0.717) is 23.0 Å². The number of hydrogen-bond donors (Lipinski definition) is 2. The monoisotopic (exact) mass is 395 g/mol. The van der Waals surface area contributed by atoms with Gasteiger partial charge in [-0.15, -0.1) is 0 Å². The summed E-state index contributed by atoms with van der Waals surface area (Å²) in [4.78, 5) is 0. The van der Waals surface area contributed by atoms with Crippen LogP contribution in [-0.4, -0.2) is 30.9 Å². The highest BCUT2D eigenvalue weighted by Crippen LogP contribution is 2.63. The molecule has 158 valence electrons. The SMILES string of the molecule is C[C@@H]1Cc2cc(O)ccc2[C@H]2CC[C@]3(C)/C(=C/COCCNC4CC4)CC[C@H]3[C@H]12. The summed E-state index contributed by atoms with van der Waals surface area (Å²) in [5, 5.41) is 13.5. The van der Waals surface area contributed by atoms with E-state index in [9.17, 15) is 5.11 Å². The van der Waals surface area contributed by atoms with E-state index in [2.05, 4.69) is 31.3 Å². The summed E-state index contributed by atoms with van der Waals surface area (Å²) in [6, 6.07) is 6.90.